The molecule has 0 radical (unpaired) electrons. The van der Waals surface area contributed by atoms with E-state index in [9.17, 15) is 14.0 Å². The molecule has 0 bridgehead atoms. The average Bonchev–Trinajstić information content (AvgIpc) is 3.07. The zero-order chi connectivity index (χ0) is 23.2. The van der Waals surface area contributed by atoms with Crippen LogP contribution in [0.1, 0.15) is 16.7 Å². The highest BCUT2D eigenvalue weighted by Crippen LogP contribution is 2.34. The molecule has 5 nitrogen and oxygen atoms in total. The molecule has 1 fully saturated rings. The van der Waals surface area contributed by atoms with Crippen molar-refractivity contribution in [2.24, 2.45) is 0 Å². The van der Waals surface area contributed by atoms with Gasteiger partial charge in [-0.1, -0.05) is 48.5 Å². The molecule has 168 valence electrons. The van der Waals surface area contributed by atoms with Crippen molar-refractivity contribution >= 4 is 29.0 Å². The van der Waals surface area contributed by atoms with Gasteiger partial charge < -0.3 is 9.47 Å². The van der Waals surface area contributed by atoms with Crippen molar-refractivity contribution in [1.29, 1.82) is 0 Å². The maximum Gasteiger partial charge on any atom is 0.293 e. The highest BCUT2D eigenvalue weighted by molar-refractivity contribution is 8.18. The largest absolute Gasteiger partial charge is 0.492 e. The highest BCUT2D eigenvalue weighted by Gasteiger charge is 2.35. The minimum atomic E-state index is -0.373. The van der Waals surface area contributed by atoms with Crippen LogP contribution in [0, 0.1) is 12.7 Å². The number of ether oxygens (including phenoxy) is 2. The van der Waals surface area contributed by atoms with Crippen molar-refractivity contribution in [3.8, 4) is 11.5 Å². The summed E-state index contributed by atoms with van der Waals surface area (Å²) in [7, 11) is 0. The van der Waals surface area contributed by atoms with Crippen molar-refractivity contribution in [2.45, 2.75) is 13.5 Å². The second-order valence-corrected chi connectivity index (χ2v) is 8.41. The SMILES string of the molecule is Cc1cccc(OCCN2C(=O)S/C(=C\c3ccccc3OCc3ccccc3F)C2=O)c1. The molecule has 3 aromatic rings. The topological polar surface area (TPSA) is 55.8 Å². The third-order valence-electron chi connectivity index (χ3n) is 4.99. The Balaban J connectivity index is 1.42. The van der Waals surface area contributed by atoms with E-state index in [0.717, 1.165) is 17.3 Å². The van der Waals surface area contributed by atoms with Crippen LogP contribution >= 0.6 is 11.8 Å². The van der Waals surface area contributed by atoms with Crippen LogP contribution in [-0.2, 0) is 11.4 Å². The molecule has 0 aliphatic carbocycles. The number of carbonyl (C=O) groups is 2. The summed E-state index contributed by atoms with van der Waals surface area (Å²) in [6, 6.07) is 21.1. The van der Waals surface area contributed by atoms with Crippen molar-refractivity contribution in [2.75, 3.05) is 13.2 Å². The van der Waals surface area contributed by atoms with E-state index in [-0.39, 0.29) is 36.7 Å². The van der Waals surface area contributed by atoms with Crippen LogP contribution in [0.2, 0.25) is 0 Å². The minimum absolute atomic E-state index is 0.0509. The molecule has 3 aromatic carbocycles. The molecule has 1 aliphatic heterocycles. The Morgan fingerprint density at radius 1 is 0.970 bits per heavy atom. The smallest absolute Gasteiger partial charge is 0.293 e. The van der Waals surface area contributed by atoms with E-state index in [4.69, 9.17) is 9.47 Å². The monoisotopic (exact) mass is 463 g/mol. The summed E-state index contributed by atoms with van der Waals surface area (Å²) < 4.78 is 25.4. The van der Waals surface area contributed by atoms with Crippen molar-refractivity contribution < 1.29 is 23.5 Å². The third kappa shape index (κ3) is 5.62. The lowest BCUT2D eigenvalue weighted by molar-refractivity contribution is -0.123. The van der Waals surface area contributed by atoms with Crippen LogP contribution in [-0.4, -0.2) is 29.2 Å². The number of halogens is 1. The summed E-state index contributed by atoms with van der Waals surface area (Å²) in [4.78, 5) is 26.7. The summed E-state index contributed by atoms with van der Waals surface area (Å²) in [6.07, 6.45) is 1.63. The van der Waals surface area contributed by atoms with Crippen LogP contribution in [0.5, 0.6) is 11.5 Å². The molecule has 7 heteroatoms. The molecule has 0 spiro atoms. The first-order valence-corrected chi connectivity index (χ1v) is 11.2. The van der Waals surface area contributed by atoms with Crippen molar-refractivity contribution in [1.82, 2.24) is 4.90 Å². The average molecular weight is 464 g/mol. The molecule has 0 aromatic heterocycles. The predicted molar refractivity (Wildman–Crippen MR) is 127 cm³/mol. The Bertz CT molecular complexity index is 1210. The first-order chi connectivity index (χ1) is 16.0. The van der Waals surface area contributed by atoms with Gasteiger partial charge in [-0.15, -0.1) is 0 Å². The third-order valence-corrected chi connectivity index (χ3v) is 5.90. The number of benzene rings is 3. The summed E-state index contributed by atoms with van der Waals surface area (Å²) in [5, 5.41) is -0.344. The fraction of sp³-hybridized carbons (Fsp3) is 0.154. The summed E-state index contributed by atoms with van der Waals surface area (Å²) in [6.45, 7) is 2.37. The zero-order valence-corrected chi connectivity index (χ0v) is 18.8. The Hall–Kier alpha value is -3.58. The van der Waals surface area contributed by atoms with E-state index in [1.807, 2.05) is 37.3 Å². The molecule has 4 rings (SSSR count). The Morgan fingerprint density at radius 2 is 1.76 bits per heavy atom. The van der Waals surface area contributed by atoms with Crippen LogP contribution in [0.4, 0.5) is 9.18 Å². The fourth-order valence-corrected chi connectivity index (χ4v) is 4.15. The van der Waals surface area contributed by atoms with Crippen molar-refractivity contribution in [3.63, 3.8) is 0 Å². The number of hydrogen-bond donors (Lipinski definition) is 0. The standard InChI is InChI=1S/C26H22FNO4S/c1-18-7-6-10-21(15-18)31-14-13-28-25(29)24(33-26(28)30)16-19-8-3-5-12-23(19)32-17-20-9-2-4-11-22(20)27/h2-12,15-16H,13-14,17H2,1H3/b24-16-. The number of imide groups is 1. The number of nitrogens with zero attached hydrogens (tertiary/aromatic N) is 1. The normalized spacial score (nSPS) is 14.7. The van der Waals surface area contributed by atoms with Gasteiger partial charge in [0.2, 0.25) is 0 Å². The van der Waals surface area contributed by atoms with E-state index in [2.05, 4.69) is 0 Å². The summed E-state index contributed by atoms with van der Waals surface area (Å²) >= 11 is 0.878. The van der Waals surface area contributed by atoms with Gasteiger partial charge in [0.25, 0.3) is 11.1 Å². The molecule has 2 amide bonds. The van der Waals surface area contributed by atoms with Crippen LogP contribution in [0.3, 0.4) is 0 Å². The zero-order valence-electron chi connectivity index (χ0n) is 18.0. The number of hydrogen-bond acceptors (Lipinski definition) is 5. The summed E-state index contributed by atoms with van der Waals surface area (Å²) in [5.41, 5.74) is 2.13. The molecule has 0 atom stereocenters. The molecular weight excluding hydrogens is 441 g/mol. The van der Waals surface area contributed by atoms with Gasteiger partial charge in [-0.25, -0.2) is 4.39 Å². The van der Waals surface area contributed by atoms with Gasteiger partial charge >= 0.3 is 0 Å². The van der Waals surface area contributed by atoms with Gasteiger partial charge in [0.05, 0.1) is 11.4 Å². The fourth-order valence-electron chi connectivity index (χ4n) is 3.30. The lowest BCUT2D eigenvalue weighted by Crippen LogP contribution is -2.32. The van der Waals surface area contributed by atoms with E-state index in [1.165, 1.54) is 11.0 Å². The molecule has 0 N–H and O–H groups in total. The number of carbonyl (C=O) groups excluding carboxylic acids is 2. The second kappa shape index (κ2) is 10.4. The Labute approximate surface area is 195 Å². The van der Waals surface area contributed by atoms with Gasteiger partial charge in [-0.05, 0) is 54.6 Å². The van der Waals surface area contributed by atoms with Crippen LogP contribution in [0.15, 0.2) is 77.7 Å². The number of thioether (sulfide) groups is 1. The molecule has 1 saturated heterocycles. The molecule has 1 aliphatic rings. The Kier molecular flexibility index (Phi) is 7.10. The maximum atomic E-state index is 13.9. The second-order valence-electron chi connectivity index (χ2n) is 7.42. The van der Waals surface area contributed by atoms with E-state index in [1.54, 1.807) is 42.5 Å². The first-order valence-electron chi connectivity index (χ1n) is 10.4. The molecule has 1 heterocycles. The maximum absolute atomic E-state index is 13.9. The number of para-hydroxylation sites is 1. The van der Waals surface area contributed by atoms with Gasteiger partial charge in [-0.3, -0.25) is 14.5 Å². The van der Waals surface area contributed by atoms with Gasteiger partial charge in [-0.2, -0.15) is 0 Å². The van der Waals surface area contributed by atoms with E-state index < -0.39 is 0 Å². The van der Waals surface area contributed by atoms with Crippen LogP contribution < -0.4 is 9.47 Å². The summed E-state index contributed by atoms with van der Waals surface area (Å²) in [5.74, 6) is 0.472. The quantitative estimate of drug-likeness (QED) is 0.394. The van der Waals surface area contributed by atoms with Crippen molar-refractivity contribution in [3.05, 3.63) is 100 Å². The molecular formula is C26H22FNO4S. The molecule has 33 heavy (non-hydrogen) atoms. The molecule has 0 saturated carbocycles. The first kappa shape index (κ1) is 22.6. The lowest BCUT2D eigenvalue weighted by Gasteiger charge is -2.13. The lowest BCUT2D eigenvalue weighted by atomic mass is 10.1. The van der Waals surface area contributed by atoms with Gasteiger partial charge in [0.15, 0.2) is 0 Å². The van der Waals surface area contributed by atoms with Gasteiger partial charge in [0.1, 0.15) is 30.5 Å². The predicted octanol–water partition coefficient (Wildman–Crippen LogP) is 5.83. The van der Waals surface area contributed by atoms with E-state index >= 15 is 0 Å². The van der Waals surface area contributed by atoms with E-state index in [0.29, 0.717) is 27.5 Å². The number of amides is 2. The minimum Gasteiger partial charge on any atom is -0.492 e. The van der Waals surface area contributed by atoms with Crippen LogP contribution in [0.25, 0.3) is 6.08 Å². The number of rotatable bonds is 8. The molecule has 0 unspecified atom stereocenters. The highest BCUT2D eigenvalue weighted by atomic mass is 32.2. The number of aryl methyl sites for hydroxylation is 1. The Morgan fingerprint density at radius 3 is 2.58 bits per heavy atom. The van der Waals surface area contributed by atoms with Gasteiger partial charge in [0, 0.05) is 11.1 Å².